The smallest absolute Gasteiger partial charge is 0.310 e. The summed E-state index contributed by atoms with van der Waals surface area (Å²) in [5.41, 5.74) is 1.51. The van der Waals surface area contributed by atoms with Gasteiger partial charge in [-0.05, 0) is 104 Å². The summed E-state index contributed by atoms with van der Waals surface area (Å²) in [4.78, 5) is 24.7. The molecule has 5 aliphatic rings. The van der Waals surface area contributed by atoms with Gasteiger partial charge in [0, 0.05) is 12.3 Å². The highest BCUT2D eigenvalue weighted by Crippen LogP contribution is 2.73. The summed E-state index contributed by atoms with van der Waals surface area (Å²) in [5.74, 6) is 1.46. The number of rotatable bonds is 2. The molecule has 0 radical (unpaired) electrons. The van der Waals surface area contributed by atoms with E-state index in [1.165, 1.54) is 18.4 Å². The molecule has 4 saturated carbocycles. The molecule has 0 heterocycles. The van der Waals surface area contributed by atoms with E-state index in [0.717, 1.165) is 44.9 Å². The van der Waals surface area contributed by atoms with Crippen molar-refractivity contribution in [1.29, 1.82) is 0 Å². The highest BCUT2D eigenvalue weighted by molar-refractivity contribution is 5.76. The van der Waals surface area contributed by atoms with E-state index < -0.39 is 11.4 Å². The molecule has 4 heteroatoms. The second-order valence-corrected chi connectivity index (χ2v) is 15.6. The number of hydrogen-bond donors (Lipinski definition) is 1. The molecule has 4 fully saturated rings. The lowest BCUT2D eigenvalue weighted by atomic mass is 9.36. The van der Waals surface area contributed by atoms with Crippen LogP contribution in [0.1, 0.15) is 113 Å². The number of carboxylic acid groups (broad SMARTS) is 1. The maximum Gasteiger partial charge on any atom is 0.310 e. The molecule has 0 bridgehead atoms. The SMILES string of the molecule is CC(=O)O[C@H]1CC[C@]2(C)[C@H]3CC=C4[C@@H]5CC(C)(C)CC[C@]5(C(=O)O)C[C@H](C)[C@H]4[C@]3(C)CC[C@H]2C1(C)C. The second-order valence-electron chi connectivity index (χ2n) is 15.6. The number of ether oxygens (including phenoxy) is 1. The molecule has 4 nitrogen and oxygen atoms in total. The van der Waals surface area contributed by atoms with Gasteiger partial charge in [0.05, 0.1) is 5.41 Å². The Hall–Kier alpha value is -1.32. The van der Waals surface area contributed by atoms with Crippen LogP contribution in [0.15, 0.2) is 11.6 Å². The van der Waals surface area contributed by atoms with Gasteiger partial charge in [0.15, 0.2) is 0 Å². The fourth-order valence-corrected chi connectivity index (χ4v) is 11.3. The van der Waals surface area contributed by atoms with Crippen LogP contribution in [0.2, 0.25) is 0 Å². The van der Waals surface area contributed by atoms with Gasteiger partial charge >= 0.3 is 11.9 Å². The van der Waals surface area contributed by atoms with Crippen molar-refractivity contribution in [2.45, 2.75) is 119 Å². The lowest BCUT2D eigenvalue weighted by molar-refractivity contribution is -0.204. The largest absolute Gasteiger partial charge is 0.481 e. The summed E-state index contributed by atoms with van der Waals surface area (Å²) in [6, 6.07) is 0. The molecule has 9 atom stereocenters. The van der Waals surface area contributed by atoms with Crippen molar-refractivity contribution in [2.75, 3.05) is 0 Å². The van der Waals surface area contributed by atoms with Crippen LogP contribution in [-0.4, -0.2) is 23.1 Å². The third-order valence-corrected chi connectivity index (χ3v) is 12.8. The number of carbonyl (C=O) groups is 2. The summed E-state index contributed by atoms with van der Waals surface area (Å²) < 4.78 is 5.87. The molecule has 0 unspecified atom stereocenters. The van der Waals surface area contributed by atoms with Gasteiger partial charge in [-0.1, -0.05) is 60.1 Å². The zero-order valence-electron chi connectivity index (χ0n) is 24.1. The van der Waals surface area contributed by atoms with Gasteiger partial charge in [0.2, 0.25) is 0 Å². The average Bonchev–Trinajstić information content (AvgIpc) is 2.75. The van der Waals surface area contributed by atoms with E-state index in [0.29, 0.717) is 23.7 Å². The maximum atomic E-state index is 12.9. The third kappa shape index (κ3) is 3.51. The Morgan fingerprint density at radius 2 is 1.58 bits per heavy atom. The molecular weight excluding hydrogens is 448 g/mol. The van der Waals surface area contributed by atoms with E-state index in [-0.39, 0.29) is 39.7 Å². The summed E-state index contributed by atoms with van der Waals surface area (Å²) in [6.45, 7) is 18.4. The lowest BCUT2D eigenvalue weighted by Crippen LogP contribution is -2.63. The van der Waals surface area contributed by atoms with Crippen molar-refractivity contribution < 1.29 is 19.4 Å². The third-order valence-electron chi connectivity index (χ3n) is 12.8. The molecular formula is C32H50O4. The normalized spacial score (nSPS) is 48.8. The molecule has 0 saturated heterocycles. The van der Waals surface area contributed by atoms with Crippen LogP contribution in [-0.2, 0) is 14.3 Å². The van der Waals surface area contributed by atoms with E-state index in [4.69, 9.17) is 4.74 Å². The molecule has 5 aliphatic carbocycles. The highest BCUT2D eigenvalue weighted by atomic mass is 16.5. The molecule has 5 rings (SSSR count). The Morgan fingerprint density at radius 1 is 0.917 bits per heavy atom. The minimum absolute atomic E-state index is 0.00128. The van der Waals surface area contributed by atoms with Crippen molar-refractivity contribution in [3.63, 3.8) is 0 Å². The number of carboxylic acids is 1. The van der Waals surface area contributed by atoms with Crippen molar-refractivity contribution in [3.05, 3.63) is 11.6 Å². The molecule has 0 spiro atoms. The second kappa shape index (κ2) is 8.09. The number of hydrogen-bond acceptors (Lipinski definition) is 3. The van der Waals surface area contributed by atoms with E-state index in [1.54, 1.807) is 6.92 Å². The molecule has 1 N–H and O–H groups in total. The summed E-state index contributed by atoms with van der Waals surface area (Å²) >= 11 is 0. The first kappa shape index (κ1) is 26.3. The Morgan fingerprint density at radius 3 is 2.22 bits per heavy atom. The Bertz CT molecular complexity index is 977. The number of carbonyl (C=O) groups excluding carboxylic acids is 1. The van der Waals surface area contributed by atoms with E-state index in [2.05, 4.69) is 54.5 Å². The van der Waals surface area contributed by atoms with Crippen LogP contribution in [0.5, 0.6) is 0 Å². The number of esters is 1. The highest BCUT2D eigenvalue weighted by Gasteiger charge is 2.67. The Kier molecular flexibility index (Phi) is 5.91. The van der Waals surface area contributed by atoms with Gasteiger partial charge in [-0.2, -0.15) is 0 Å². The number of allylic oxidation sites excluding steroid dienone is 2. The summed E-state index contributed by atoms with van der Waals surface area (Å²) in [5, 5.41) is 10.6. The zero-order valence-corrected chi connectivity index (χ0v) is 24.1. The molecule has 0 amide bonds. The average molecular weight is 499 g/mol. The zero-order chi connectivity index (χ0) is 26.5. The predicted octanol–water partition coefficient (Wildman–Crippen LogP) is 7.66. The quantitative estimate of drug-likeness (QED) is 0.313. The Labute approximate surface area is 219 Å². The Balaban J connectivity index is 1.54. The molecule has 0 aromatic carbocycles. The summed E-state index contributed by atoms with van der Waals surface area (Å²) in [6.07, 6.45) is 11.7. The molecule has 0 aliphatic heterocycles. The standard InChI is InChI=1S/C32H50O4/c1-19-17-32(27(34)35)16-15-28(3,4)18-22(32)21-9-10-24-30(7)14-12-25(36-20(2)33)29(5,6)23(30)11-13-31(24,8)26(19)21/h9,19,22-26H,10-18H2,1-8H3,(H,34,35)/t19-,22-,23-,24+,25-,26+,30-,31+,32-/m0/s1. The van der Waals surface area contributed by atoms with Crippen molar-refractivity contribution in [2.24, 2.45) is 56.7 Å². The van der Waals surface area contributed by atoms with E-state index in [1.807, 2.05) is 0 Å². The first-order valence-electron chi connectivity index (χ1n) is 14.7. The van der Waals surface area contributed by atoms with Gasteiger partial charge < -0.3 is 9.84 Å². The predicted molar refractivity (Wildman–Crippen MR) is 142 cm³/mol. The molecule has 36 heavy (non-hydrogen) atoms. The number of aliphatic carboxylic acids is 1. The first-order chi connectivity index (χ1) is 16.6. The van der Waals surface area contributed by atoms with Crippen molar-refractivity contribution in [1.82, 2.24) is 0 Å². The van der Waals surface area contributed by atoms with Gasteiger partial charge in [-0.25, -0.2) is 0 Å². The number of fused-ring (bicyclic) bond motifs is 7. The van der Waals surface area contributed by atoms with Gasteiger partial charge in [0.1, 0.15) is 6.10 Å². The van der Waals surface area contributed by atoms with Crippen LogP contribution < -0.4 is 0 Å². The monoisotopic (exact) mass is 498 g/mol. The van der Waals surface area contributed by atoms with Crippen molar-refractivity contribution in [3.8, 4) is 0 Å². The van der Waals surface area contributed by atoms with Crippen LogP contribution >= 0.6 is 0 Å². The summed E-state index contributed by atoms with van der Waals surface area (Å²) in [7, 11) is 0. The van der Waals surface area contributed by atoms with Gasteiger partial charge in [-0.3, -0.25) is 9.59 Å². The van der Waals surface area contributed by atoms with Gasteiger partial charge in [0.25, 0.3) is 0 Å². The molecule has 0 aromatic heterocycles. The van der Waals surface area contributed by atoms with Gasteiger partial charge in [-0.15, -0.1) is 0 Å². The fourth-order valence-electron chi connectivity index (χ4n) is 11.3. The first-order valence-corrected chi connectivity index (χ1v) is 14.7. The lowest BCUT2D eigenvalue weighted by Gasteiger charge is -2.69. The maximum absolute atomic E-state index is 12.9. The van der Waals surface area contributed by atoms with Crippen LogP contribution in [0, 0.1) is 56.7 Å². The van der Waals surface area contributed by atoms with Crippen LogP contribution in [0.3, 0.4) is 0 Å². The fraction of sp³-hybridized carbons (Fsp3) is 0.875. The minimum atomic E-state index is -0.578. The van der Waals surface area contributed by atoms with E-state index in [9.17, 15) is 14.7 Å². The molecule has 0 aromatic rings. The topological polar surface area (TPSA) is 63.6 Å². The van der Waals surface area contributed by atoms with Crippen LogP contribution in [0.25, 0.3) is 0 Å². The van der Waals surface area contributed by atoms with Crippen LogP contribution in [0.4, 0.5) is 0 Å². The van der Waals surface area contributed by atoms with E-state index >= 15 is 0 Å². The molecule has 202 valence electrons. The van der Waals surface area contributed by atoms with Crippen molar-refractivity contribution >= 4 is 11.9 Å². The minimum Gasteiger partial charge on any atom is -0.481 e.